The van der Waals surface area contributed by atoms with Gasteiger partial charge in [-0.3, -0.25) is 9.52 Å². The highest BCUT2D eigenvalue weighted by atomic mass is 32.2. The molecule has 0 amide bonds. The maximum atomic E-state index is 12.7. The molecular formula is C18H18N4O3S. The summed E-state index contributed by atoms with van der Waals surface area (Å²) in [5.74, 6) is -0.379. The number of carbonyl (C=O) groups is 1. The van der Waals surface area contributed by atoms with Crippen molar-refractivity contribution in [2.45, 2.75) is 18.7 Å². The fourth-order valence-electron chi connectivity index (χ4n) is 2.37. The molecule has 0 aliphatic rings. The zero-order valence-electron chi connectivity index (χ0n) is 14.6. The van der Waals surface area contributed by atoms with Gasteiger partial charge in [-0.05, 0) is 26.0 Å². The van der Waals surface area contributed by atoms with Gasteiger partial charge in [0.15, 0.2) is 11.5 Å². The minimum Gasteiger partial charge on any atom is -0.287 e. The Hall–Kier alpha value is -3.00. The molecule has 0 unspecified atom stereocenters. The summed E-state index contributed by atoms with van der Waals surface area (Å²) in [6, 6.07) is 13.4. The van der Waals surface area contributed by atoms with E-state index in [2.05, 4.69) is 15.0 Å². The number of nitrogens with zero attached hydrogens (tertiary/aromatic N) is 3. The van der Waals surface area contributed by atoms with Crippen LogP contribution in [-0.4, -0.2) is 29.2 Å². The van der Waals surface area contributed by atoms with Crippen molar-refractivity contribution in [3.63, 3.8) is 0 Å². The van der Waals surface area contributed by atoms with Crippen molar-refractivity contribution in [3.05, 3.63) is 70.9 Å². The molecule has 134 valence electrons. The van der Waals surface area contributed by atoms with Crippen molar-refractivity contribution in [2.75, 3.05) is 4.72 Å². The quantitative estimate of drug-likeness (QED) is 0.696. The molecule has 1 aromatic heterocycles. The molecular weight excluding hydrogens is 352 g/mol. The van der Waals surface area contributed by atoms with Crippen molar-refractivity contribution in [1.82, 2.24) is 15.0 Å². The second-order valence-electron chi connectivity index (χ2n) is 6.02. The number of nitrogens with one attached hydrogen (secondary N) is 1. The third-order valence-corrected chi connectivity index (χ3v) is 5.27. The molecule has 7 nitrogen and oxygen atoms in total. The van der Waals surface area contributed by atoms with E-state index in [0.717, 1.165) is 11.1 Å². The summed E-state index contributed by atoms with van der Waals surface area (Å²) in [6.45, 7) is 3.78. The van der Waals surface area contributed by atoms with Gasteiger partial charge >= 0.3 is 0 Å². The standard InChI is InChI=1S/C18H18N4O3S/c1-12-4-8-14(9-5-12)17(23)16-18(22(3)21-19-16)20-26(24,25)15-10-6-13(2)7-11-15/h4-11,20H,1-3H3. The summed E-state index contributed by atoms with van der Waals surface area (Å²) < 4.78 is 28.9. The maximum Gasteiger partial charge on any atom is 0.263 e. The maximum absolute atomic E-state index is 12.7. The topological polar surface area (TPSA) is 93.9 Å². The van der Waals surface area contributed by atoms with E-state index in [4.69, 9.17) is 0 Å². The molecule has 0 atom stereocenters. The summed E-state index contributed by atoms with van der Waals surface area (Å²) in [7, 11) is -2.35. The molecule has 26 heavy (non-hydrogen) atoms. The van der Waals surface area contributed by atoms with Crippen molar-refractivity contribution < 1.29 is 13.2 Å². The lowest BCUT2D eigenvalue weighted by molar-refractivity contribution is 0.103. The van der Waals surface area contributed by atoms with Gasteiger partial charge in [-0.25, -0.2) is 13.1 Å². The third kappa shape index (κ3) is 3.50. The predicted molar refractivity (Wildman–Crippen MR) is 97.6 cm³/mol. The Morgan fingerprint density at radius 1 is 0.962 bits per heavy atom. The lowest BCUT2D eigenvalue weighted by atomic mass is 10.1. The number of aromatic nitrogens is 3. The summed E-state index contributed by atoms with van der Waals surface area (Å²) in [5, 5.41) is 7.63. The number of hydrogen-bond donors (Lipinski definition) is 1. The minimum atomic E-state index is -3.87. The van der Waals surface area contributed by atoms with Gasteiger partial charge in [0.2, 0.25) is 5.78 Å². The first-order chi connectivity index (χ1) is 12.3. The number of sulfonamides is 1. The lowest BCUT2D eigenvalue weighted by Gasteiger charge is -2.09. The molecule has 8 heteroatoms. The summed E-state index contributed by atoms with van der Waals surface area (Å²) in [6.07, 6.45) is 0. The highest BCUT2D eigenvalue weighted by Gasteiger charge is 2.24. The number of hydrogen-bond acceptors (Lipinski definition) is 5. The molecule has 0 radical (unpaired) electrons. The van der Waals surface area contributed by atoms with Crippen LogP contribution in [0.2, 0.25) is 0 Å². The Balaban J connectivity index is 1.96. The predicted octanol–water partition coefficient (Wildman–Crippen LogP) is 2.46. The van der Waals surface area contributed by atoms with Crippen LogP contribution in [0.4, 0.5) is 5.82 Å². The highest BCUT2D eigenvalue weighted by Crippen LogP contribution is 2.21. The van der Waals surface area contributed by atoms with E-state index >= 15 is 0 Å². The van der Waals surface area contributed by atoms with Gasteiger partial charge in [0, 0.05) is 12.6 Å². The van der Waals surface area contributed by atoms with Gasteiger partial charge in [0.25, 0.3) is 10.0 Å². The summed E-state index contributed by atoms with van der Waals surface area (Å²) in [4.78, 5) is 12.8. The third-order valence-electron chi connectivity index (χ3n) is 3.92. The van der Waals surface area contributed by atoms with Crippen LogP contribution in [0.3, 0.4) is 0 Å². The number of carbonyl (C=O) groups excluding carboxylic acids is 1. The van der Waals surface area contributed by atoms with E-state index < -0.39 is 15.8 Å². The van der Waals surface area contributed by atoms with E-state index in [1.165, 1.54) is 23.9 Å². The first-order valence-electron chi connectivity index (χ1n) is 7.88. The van der Waals surface area contributed by atoms with Crippen LogP contribution in [0.15, 0.2) is 53.4 Å². The van der Waals surface area contributed by atoms with Gasteiger partial charge in [0.1, 0.15) is 0 Å². The van der Waals surface area contributed by atoms with Crippen molar-refractivity contribution >= 4 is 21.6 Å². The highest BCUT2D eigenvalue weighted by molar-refractivity contribution is 7.92. The summed E-state index contributed by atoms with van der Waals surface area (Å²) >= 11 is 0. The zero-order valence-corrected chi connectivity index (χ0v) is 15.4. The molecule has 1 N–H and O–H groups in total. The number of anilines is 1. The fourth-order valence-corrected chi connectivity index (χ4v) is 3.47. The van der Waals surface area contributed by atoms with Crippen LogP contribution in [0.5, 0.6) is 0 Å². The van der Waals surface area contributed by atoms with Gasteiger partial charge in [-0.15, -0.1) is 5.10 Å². The van der Waals surface area contributed by atoms with Crippen molar-refractivity contribution in [3.8, 4) is 0 Å². The molecule has 0 saturated carbocycles. The average Bonchev–Trinajstić information content (AvgIpc) is 2.95. The van der Waals surface area contributed by atoms with E-state index in [1.54, 1.807) is 36.4 Å². The van der Waals surface area contributed by atoms with Crippen molar-refractivity contribution in [1.29, 1.82) is 0 Å². The lowest BCUT2D eigenvalue weighted by Crippen LogP contribution is -2.18. The number of rotatable bonds is 5. The zero-order chi connectivity index (χ0) is 18.9. The molecule has 0 aliphatic heterocycles. The molecule has 0 spiro atoms. The Morgan fingerprint density at radius 3 is 2.08 bits per heavy atom. The Morgan fingerprint density at radius 2 is 1.50 bits per heavy atom. The fraction of sp³-hybridized carbons (Fsp3) is 0.167. The number of aryl methyl sites for hydroxylation is 3. The minimum absolute atomic E-state index is 0.0242. The van der Waals surface area contributed by atoms with Crippen LogP contribution in [0.25, 0.3) is 0 Å². The van der Waals surface area contributed by atoms with Crippen LogP contribution in [0.1, 0.15) is 27.2 Å². The van der Waals surface area contributed by atoms with Crippen LogP contribution in [0, 0.1) is 13.8 Å². The molecule has 0 fully saturated rings. The molecule has 1 heterocycles. The van der Waals surface area contributed by atoms with Crippen LogP contribution < -0.4 is 4.72 Å². The molecule has 3 aromatic rings. The molecule has 0 bridgehead atoms. The Labute approximate surface area is 151 Å². The van der Waals surface area contributed by atoms with Crippen molar-refractivity contribution in [2.24, 2.45) is 7.05 Å². The molecule has 0 aliphatic carbocycles. The largest absolute Gasteiger partial charge is 0.287 e. The summed E-state index contributed by atoms with van der Waals surface area (Å²) in [5.41, 5.74) is 2.32. The average molecular weight is 370 g/mol. The first kappa shape index (κ1) is 17.8. The number of ketones is 1. The Bertz CT molecular complexity index is 1050. The van der Waals surface area contributed by atoms with E-state index in [9.17, 15) is 13.2 Å². The van der Waals surface area contributed by atoms with Gasteiger partial charge in [0.05, 0.1) is 4.90 Å². The van der Waals surface area contributed by atoms with Gasteiger partial charge < -0.3 is 0 Å². The van der Waals surface area contributed by atoms with E-state index in [1.807, 2.05) is 13.8 Å². The van der Waals surface area contributed by atoms with E-state index in [0.29, 0.717) is 5.56 Å². The second-order valence-corrected chi connectivity index (χ2v) is 7.71. The van der Waals surface area contributed by atoms with Gasteiger partial charge in [-0.1, -0.05) is 52.7 Å². The number of benzene rings is 2. The SMILES string of the molecule is Cc1ccc(C(=O)c2nnn(C)c2NS(=O)(=O)c2ccc(C)cc2)cc1. The first-order valence-corrected chi connectivity index (χ1v) is 9.37. The molecule has 3 rings (SSSR count). The van der Waals surface area contributed by atoms with E-state index in [-0.39, 0.29) is 16.4 Å². The normalized spacial score (nSPS) is 11.3. The van der Waals surface area contributed by atoms with Gasteiger partial charge in [-0.2, -0.15) is 0 Å². The van der Waals surface area contributed by atoms with Crippen LogP contribution >= 0.6 is 0 Å². The second kappa shape index (κ2) is 6.72. The smallest absolute Gasteiger partial charge is 0.263 e. The monoisotopic (exact) mass is 370 g/mol. The molecule has 0 saturated heterocycles. The molecule has 2 aromatic carbocycles. The van der Waals surface area contributed by atoms with Crippen LogP contribution in [-0.2, 0) is 17.1 Å². The Kier molecular flexibility index (Phi) is 4.60.